The van der Waals surface area contributed by atoms with Gasteiger partial charge in [-0.25, -0.2) is 0 Å². The molecule has 0 spiro atoms. The molecule has 0 saturated heterocycles. The van der Waals surface area contributed by atoms with Crippen molar-refractivity contribution in [3.8, 4) is 34.5 Å². The van der Waals surface area contributed by atoms with Gasteiger partial charge in [0.15, 0.2) is 23.0 Å². The number of benzene rings is 3. The summed E-state index contributed by atoms with van der Waals surface area (Å²) < 4.78 is 39.9. The summed E-state index contributed by atoms with van der Waals surface area (Å²) >= 11 is 0. The van der Waals surface area contributed by atoms with E-state index in [1.807, 2.05) is 48.5 Å². The molecule has 0 aliphatic heterocycles. The summed E-state index contributed by atoms with van der Waals surface area (Å²) in [5.41, 5.74) is 1.73. The maximum atomic E-state index is 14.8. The fraction of sp³-hybridized carbons (Fsp3) is 0.750. The Hall–Kier alpha value is -4.60. The van der Waals surface area contributed by atoms with Gasteiger partial charge in [0.1, 0.15) is 0 Å². The zero-order valence-electron chi connectivity index (χ0n) is 59.1. The number of carbonyl (C=O) groups is 2. The molecule has 10 nitrogen and oxygen atoms in total. The van der Waals surface area contributed by atoms with Gasteiger partial charge < -0.3 is 39.1 Å². The van der Waals surface area contributed by atoms with Crippen molar-refractivity contribution in [1.82, 2.24) is 0 Å². The Kier molecular flexibility index (Phi) is 50.5. The number of rotatable bonds is 64. The highest BCUT2D eigenvalue weighted by molar-refractivity contribution is 6.10. The smallest absolute Gasteiger partial charge is 0.255 e. The Labute approximate surface area is 552 Å². The maximum Gasteiger partial charge on any atom is 0.255 e. The molecule has 3 aromatic carbocycles. The van der Waals surface area contributed by atoms with Crippen molar-refractivity contribution in [3.05, 3.63) is 59.7 Å². The molecule has 10 heteroatoms. The van der Waals surface area contributed by atoms with E-state index in [1.165, 1.54) is 231 Å². The third kappa shape index (κ3) is 39.1. The number of para-hydroxylation sites is 2. The lowest BCUT2D eigenvalue weighted by molar-refractivity contribution is 0.101. The zero-order chi connectivity index (χ0) is 64.4. The first-order chi connectivity index (χ1) is 44.4. The highest BCUT2D eigenvalue weighted by Crippen LogP contribution is 2.42. The second kappa shape index (κ2) is 57.1. The molecule has 2 N–H and O–H groups in total. The number of hydrogen-bond donors (Lipinski definition) is 2. The van der Waals surface area contributed by atoms with Crippen LogP contribution in [0.1, 0.15) is 370 Å². The quantitative estimate of drug-likeness (QED) is 0.0537. The van der Waals surface area contributed by atoms with Crippen molar-refractivity contribution in [2.75, 3.05) is 50.3 Å². The van der Waals surface area contributed by atoms with Crippen LogP contribution in [-0.4, -0.2) is 51.5 Å². The average molecular weight is 1250 g/mol. The van der Waals surface area contributed by atoms with Crippen LogP contribution in [0.2, 0.25) is 0 Å². The van der Waals surface area contributed by atoms with Gasteiger partial charge in [-0.15, -0.1) is 0 Å². The van der Waals surface area contributed by atoms with Gasteiger partial charge in [-0.1, -0.05) is 323 Å². The van der Waals surface area contributed by atoms with E-state index < -0.39 is 0 Å². The van der Waals surface area contributed by atoms with E-state index in [9.17, 15) is 9.59 Å². The molecule has 0 heterocycles. The molecule has 0 saturated carbocycles. The lowest BCUT2D eigenvalue weighted by Crippen LogP contribution is -2.18. The molecule has 514 valence electrons. The lowest BCUT2D eigenvalue weighted by atomic mass is 10.1. The number of unbranched alkanes of at least 4 members (excludes halogenated alkanes) is 42. The Bertz CT molecular complexity index is 1940. The summed E-state index contributed by atoms with van der Waals surface area (Å²) in [7, 11) is 0. The largest absolute Gasteiger partial charge is 0.490 e. The summed E-state index contributed by atoms with van der Waals surface area (Å²) in [6.45, 7) is 16.7. The Morgan fingerprint density at radius 1 is 0.256 bits per heavy atom. The molecule has 0 unspecified atom stereocenters. The van der Waals surface area contributed by atoms with Gasteiger partial charge in [-0.05, 0) is 74.9 Å². The number of nitrogens with one attached hydrogen (secondary N) is 2. The van der Waals surface area contributed by atoms with Crippen molar-refractivity contribution in [1.29, 1.82) is 0 Å². The minimum Gasteiger partial charge on any atom is -0.490 e. The molecule has 0 fully saturated rings. The highest BCUT2D eigenvalue weighted by atomic mass is 16.5. The SMILES string of the molecule is CCCCCCCCCCOc1cc(C(=O)Nc2ccccc2NC(=O)c2cc(OCCCCCCCCCC)c(OCCCCCCCCCC)c(OCCCCCCCCCC)c2)cc(OCCCCCCCCCC)c1OCCCCCCCCCC. The Balaban J connectivity index is 1.96. The summed E-state index contributed by atoms with van der Waals surface area (Å²) in [5, 5.41) is 6.35. The van der Waals surface area contributed by atoms with Gasteiger partial charge in [0, 0.05) is 11.1 Å². The molecule has 3 aromatic rings. The summed E-state index contributed by atoms with van der Waals surface area (Å²) in [6.07, 6.45) is 57.5. The number of amides is 2. The molecule has 0 radical (unpaired) electrons. The molecular weight excluding hydrogens is 1120 g/mol. The van der Waals surface area contributed by atoms with Crippen LogP contribution in [0.15, 0.2) is 48.5 Å². The van der Waals surface area contributed by atoms with Gasteiger partial charge in [-0.3, -0.25) is 9.59 Å². The van der Waals surface area contributed by atoms with Crippen LogP contribution in [0.3, 0.4) is 0 Å². The number of ether oxygens (including phenoxy) is 6. The van der Waals surface area contributed by atoms with Crippen LogP contribution < -0.4 is 39.1 Å². The van der Waals surface area contributed by atoms with Crippen molar-refractivity contribution in [2.45, 2.75) is 350 Å². The molecule has 0 bridgehead atoms. The van der Waals surface area contributed by atoms with Crippen molar-refractivity contribution < 1.29 is 38.0 Å². The molecule has 2 amide bonds. The summed E-state index contributed by atoms with van der Waals surface area (Å²) in [6, 6.07) is 14.7. The van der Waals surface area contributed by atoms with Gasteiger partial charge in [0.05, 0.1) is 51.0 Å². The van der Waals surface area contributed by atoms with Gasteiger partial charge in [0.2, 0.25) is 11.5 Å². The van der Waals surface area contributed by atoms with E-state index >= 15 is 0 Å². The average Bonchev–Trinajstić information content (AvgIpc) is 1.47. The molecule has 3 rings (SSSR count). The number of hydrogen-bond acceptors (Lipinski definition) is 8. The van der Waals surface area contributed by atoms with E-state index in [-0.39, 0.29) is 11.8 Å². The molecule has 0 aliphatic carbocycles. The summed E-state index contributed by atoms with van der Waals surface area (Å²) in [5.74, 6) is 2.60. The second-order valence-corrected chi connectivity index (χ2v) is 26.0. The lowest BCUT2D eigenvalue weighted by Gasteiger charge is -2.20. The first-order valence-electron chi connectivity index (χ1n) is 38.2. The van der Waals surface area contributed by atoms with Crippen molar-refractivity contribution >= 4 is 23.2 Å². The topological polar surface area (TPSA) is 114 Å². The predicted molar refractivity (Wildman–Crippen MR) is 384 cm³/mol. The maximum absolute atomic E-state index is 14.8. The Morgan fingerprint density at radius 2 is 0.433 bits per heavy atom. The zero-order valence-corrected chi connectivity index (χ0v) is 59.1. The summed E-state index contributed by atoms with van der Waals surface area (Å²) in [4.78, 5) is 29.5. The normalized spacial score (nSPS) is 11.3. The minimum absolute atomic E-state index is 0.341. The minimum atomic E-state index is -0.341. The van der Waals surface area contributed by atoms with E-state index in [0.29, 0.717) is 96.6 Å². The molecule has 0 atom stereocenters. The van der Waals surface area contributed by atoms with Crippen LogP contribution >= 0.6 is 0 Å². The van der Waals surface area contributed by atoms with Crippen LogP contribution in [0, 0.1) is 0 Å². The van der Waals surface area contributed by atoms with E-state index in [0.717, 1.165) is 77.0 Å². The van der Waals surface area contributed by atoms with Gasteiger partial charge in [-0.2, -0.15) is 0 Å². The van der Waals surface area contributed by atoms with Crippen LogP contribution in [-0.2, 0) is 0 Å². The fourth-order valence-electron chi connectivity index (χ4n) is 11.7. The van der Waals surface area contributed by atoms with Crippen LogP contribution in [0.4, 0.5) is 11.4 Å². The van der Waals surface area contributed by atoms with Crippen LogP contribution in [0.25, 0.3) is 0 Å². The van der Waals surface area contributed by atoms with Gasteiger partial charge >= 0.3 is 0 Å². The van der Waals surface area contributed by atoms with Crippen molar-refractivity contribution in [3.63, 3.8) is 0 Å². The van der Waals surface area contributed by atoms with E-state index in [1.54, 1.807) is 0 Å². The van der Waals surface area contributed by atoms with Crippen LogP contribution in [0.5, 0.6) is 34.5 Å². The standard InChI is InChI=1S/C80H136N2O8/c1-7-13-19-25-31-37-43-51-59-85-73-65-69(66-74(86-60-52-44-38-32-26-20-14-8-2)77(73)89-63-55-47-41-35-29-23-17-11-5)79(83)81-71-57-49-50-58-72(71)82-80(84)70-67-75(87-61-53-45-39-33-27-21-15-9-3)78(90-64-56-48-42-36-30-24-18-12-6)76(68-70)88-62-54-46-40-34-28-22-16-10-4/h49-50,57-58,65-68H,7-48,51-56,59-64H2,1-6H3,(H,81,83)(H,82,84). The van der Waals surface area contributed by atoms with E-state index in [2.05, 4.69) is 52.2 Å². The second-order valence-electron chi connectivity index (χ2n) is 26.0. The first kappa shape index (κ1) is 79.6. The number of carbonyl (C=O) groups excluding carboxylic acids is 2. The molecule has 0 aromatic heterocycles. The number of anilines is 2. The third-order valence-corrected chi connectivity index (χ3v) is 17.5. The molecule has 90 heavy (non-hydrogen) atoms. The monoisotopic (exact) mass is 1250 g/mol. The molecular formula is C80H136N2O8. The highest BCUT2D eigenvalue weighted by Gasteiger charge is 2.23. The Morgan fingerprint density at radius 3 is 0.633 bits per heavy atom. The fourth-order valence-corrected chi connectivity index (χ4v) is 11.7. The van der Waals surface area contributed by atoms with Gasteiger partial charge in [0.25, 0.3) is 11.8 Å². The molecule has 0 aliphatic rings. The predicted octanol–water partition coefficient (Wildman–Crippen LogP) is 25.3. The third-order valence-electron chi connectivity index (χ3n) is 17.5. The van der Waals surface area contributed by atoms with Crippen molar-refractivity contribution in [2.24, 2.45) is 0 Å². The first-order valence-corrected chi connectivity index (χ1v) is 38.2. The van der Waals surface area contributed by atoms with E-state index in [4.69, 9.17) is 28.4 Å².